The van der Waals surface area contributed by atoms with Crippen LogP contribution in [0.2, 0.25) is 0 Å². The summed E-state index contributed by atoms with van der Waals surface area (Å²) in [5, 5.41) is 4.24. The Morgan fingerprint density at radius 2 is 1.90 bits per heavy atom. The van der Waals surface area contributed by atoms with E-state index in [4.69, 9.17) is 0 Å². The second kappa shape index (κ2) is 5.94. The van der Waals surface area contributed by atoms with Crippen LogP contribution in [-0.4, -0.2) is 15.6 Å². The summed E-state index contributed by atoms with van der Waals surface area (Å²) in [5.74, 6) is -1.60. The Labute approximate surface area is 116 Å². The van der Waals surface area contributed by atoms with E-state index in [0.29, 0.717) is 0 Å². The molecule has 20 heavy (non-hydrogen) atoms. The monoisotopic (exact) mass is 278 g/mol. The smallest absolute Gasteiger partial charge is 0.143 e. The predicted molar refractivity (Wildman–Crippen MR) is 71.4 cm³/mol. The normalized spacial score (nSPS) is 10.8. The van der Waals surface area contributed by atoms with Crippen molar-refractivity contribution >= 4 is 5.78 Å². The van der Waals surface area contributed by atoms with Crippen LogP contribution < -0.4 is 0 Å². The standard InChI is InChI=1S/C15H16F2N2O/c1-3-10-7-11(19(2)18-10)8-12(20)9-13-14(16)5-4-6-15(13)17/h4-7H,3,8-9H2,1-2H3. The number of hydrogen-bond donors (Lipinski definition) is 0. The molecular formula is C15H16F2N2O. The summed E-state index contributed by atoms with van der Waals surface area (Å²) in [6.07, 6.45) is 0.659. The van der Waals surface area contributed by atoms with Crippen LogP contribution in [-0.2, 0) is 31.1 Å². The fourth-order valence-corrected chi connectivity index (χ4v) is 2.07. The number of halogens is 2. The molecule has 0 amide bonds. The first-order valence-corrected chi connectivity index (χ1v) is 6.47. The van der Waals surface area contributed by atoms with Gasteiger partial charge in [-0.05, 0) is 24.6 Å². The highest BCUT2D eigenvalue weighted by Crippen LogP contribution is 2.14. The number of carbonyl (C=O) groups is 1. The maximum atomic E-state index is 13.5. The molecule has 0 unspecified atom stereocenters. The minimum absolute atomic E-state index is 0.122. The lowest BCUT2D eigenvalue weighted by atomic mass is 10.0. The fraction of sp³-hybridized carbons (Fsp3) is 0.333. The average Bonchev–Trinajstić information content (AvgIpc) is 2.75. The molecule has 0 aliphatic carbocycles. The Morgan fingerprint density at radius 3 is 2.45 bits per heavy atom. The lowest BCUT2D eigenvalue weighted by Gasteiger charge is -2.04. The number of Topliss-reactive ketones (excluding diaryl/α,β-unsaturated/α-hetero) is 1. The molecule has 1 aromatic heterocycles. The Morgan fingerprint density at radius 1 is 1.25 bits per heavy atom. The number of benzene rings is 1. The zero-order chi connectivity index (χ0) is 14.7. The van der Waals surface area contributed by atoms with Gasteiger partial charge in [0.1, 0.15) is 17.4 Å². The SMILES string of the molecule is CCc1cc(CC(=O)Cc2c(F)cccc2F)n(C)n1. The van der Waals surface area contributed by atoms with Gasteiger partial charge in [0.15, 0.2) is 0 Å². The van der Waals surface area contributed by atoms with Crippen LogP contribution >= 0.6 is 0 Å². The van der Waals surface area contributed by atoms with Gasteiger partial charge < -0.3 is 0 Å². The maximum Gasteiger partial charge on any atom is 0.143 e. The van der Waals surface area contributed by atoms with Gasteiger partial charge in [-0.1, -0.05) is 13.0 Å². The van der Waals surface area contributed by atoms with Gasteiger partial charge in [-0.25, -0.2) is 8.78 Å². The molecule has 0 saturated heterocycles. The molecule has 0 fully saturated rings. The number of carbonyl (C=O) groups excluding carboxylic acids is 1. The second-order valence-corrected chi connectivity index (χ2v) is 4.70. The highest BCUT2D eigenvalue weighted by molar-refractivity contribution is 5.82. The molecule has 3 nitrogen and oxygen atoms in total. The van der Waals surface area contributed by atoms with Crippen molar-refractivity contribution in [2.75, 3.05) is 0 Å². The van der Waals surface area contributed by atoms with Gasteiger partial charge in [-0.2, -0.15) is 5.10 Å². The largest absolute Gasteiger partial charge is 0.299 e. The molecule has 0 aliphatic rings. The number of aryl methyl sites for hydroxylation is 2. The number of ketones is 1. The molecule has 0 saturated carbocycles. The van der Waals surface area contributed by atoms with E-state index in [1.807, 2.05) is 13.0 Å². The molecule has 1 aromatic carbocycles. The van der Waals surface area contributed by atoms with Gasteiger partial charge in [0, 0.05) is 31.1 Å². The lowest BCUT2D eigenvalue weighted by molar-refractivity contribution is -0.118. The molecule has 1 heterocycles. The third-order valence-electron chi connectivity index (χ3n) is 3.20. The zero-order valence-electron chi connectivity index (χ0n) is 11.5. The van der Waals surface area contributed by atoms with Gasteiger partial charge in [-0.15, -0.1) is 0 Å². The van der Waals surface area contributed by atoms with Crippen molar-refractivity contribution in [1.29, 1.82) is 0 Å². The molecule has 0 spiro atoms. The van der Waals surface area contributed by atoms with Crippen LogP contribution in [0.25, 0.3) is 0 Å². The Balaban J connectivity index is 2.11. The Bertz CT molecular complexity index is 615. The first-order chi connectivity index (χ1) is 9.51. The first kappa shape index (κ1) is 14.4. The van der Waals surface area contributed by atoms with Gasteiger partial charge in [0.25, 0.3) is 0 Å². The van der Waals surface area contributed by atoms with Crippen molar-refractivity contribution in [3.05, 3.63) is 52.9 Å². The van der Waals surface area contributed by atoms with Gasteiger partial charge in [0.05, 0.1) is 5.69 Å². The topological polar surface area (TPSA) is 34.9 Å². The van der Waals surface area contributed by atoms with Crippen LogP contribution in [0.15, 0.2) is 24.3 Å². The highest BCUT2D eigenvalue weighted by atomic mass is 19.1. The third kappa shape index (κ3) is 3.10. The summed E-state index contributed by atoms with van der Waals surface area (Å²) in [6.45, 7) is 1.97. The van der Waals surface area contributed by atoms with Crippen molar-refractivity contribution in [2.24, 2.45) is 7.05 Å². The van der Waals surface area contributed by atoms with Crippen molar-refractivity contribution in [2.45, 2.75) is 26.2 Å². The summed E-state index contributed by atoms with van der Waals surface area (Å²) in [6, 6.07) is 5.44. The van der Waals surface area contributed by atoms with Crippen molar-refractivity contribution in [3.8, 4) is 0 Å². The Hall–Kier alpha value is -2.04. The number of rotatable bonds is 5. The summed E-state index contributed by atoms with van der Waals surface area (Å²) < 4.78 is 28.6. The van der Waals surface area contributed by atoms with E-state index in [2.05, 4.69) is 5.10 Å². The van der Waals surface area contributed by atoms with E-state index in [1.165, 1.54) is 6.07 Å². The van der Waals surface area contributed by atoms with E-state index in [-0.39, 0.29) is 24.2 Å². The molecule has 0 atom stereocenters. The van der Waals surface area contributed by atoms with Crippen molar-refractivity contribution < 1.29 is 13.6 Å². The van der Waals surface area contributed by atoms with E-state index in [0.717, 1.165) is 29.9 Å². The number of nitrogens with zero attached hydrogens (tertiary/aromatic N) is 2. The van der Waals surface area contributed by atoms with Gasteiger partial charge in [0.2, 0.25) is 0 Å². The molecule has 0 radical (unpaired) electrons. The van der Waals surface area contributed by atoms with Crippen LogP contribution in [0.1, 0.15) is 23.9 Å². The third-order valence-corrected chi connectivity index (χ3v) is 3.20. The van der Waals surface area contributed by atoms with E-state index < -0.39 is 11.6 Å². The zero-order valence-corrected chi connectivity index (χ0v) is 11.5. The van der Waals surface area contributed by atoms with Crippen molar-refractivity contribution in [3.63, 3.8) is 0 Å². The van der Waals surface area contributed by atoms with Crippen LogP contribution in [0, 0.1) is 11.6 Å². The maximum absolute atomic E-state index is 13.5. The second-order valence-electron chi connectivity index (χ2n) is 4.70. The van der Waals surface area contributed by atoms with Gasteiger partial charge >= 0.3 is 0 Å². The number of hydrogen-bond acceptors (Lipinski definition) is 2. The summed E-state index contributed by atoms with van der Waals surface area (Å²) in [5.41, 5.74) is 1.48. The lowest BCUT2D eigenvalue weighted by Crippen LogP contribution is -2.12. The first-order valence-electron chi connectivity index (χ1n) is 6.47. The molecular weight excluding hydrogens is 262 g/mol. The quantitative estimate of drug-likeness (QED) is 0.842. The number of aromatic nitrogens is 2. The molecule has 0 aliphatic heterocycles. The molecule has 0 N–H and O–H groups in total. The molecule has 5 heteroatoms. The van der Waals surface area contributed by atoms with Crippen LogP contribution in [0.3, 0.4) is 0 Å². The van der Waals surface area contributed by atoms with Crippen LogP contribution in [0.4, 0.5) is 8.78 Å². The summed E-state index contributed by atoms with van der Waals surface area (Å²) >= 11 is 0. The van der Waals surface area contributed by atoms with E-state index >= 15 is 0 Å². The van der Waals surface area contributed by atoms with Crippen molar-refractivity contribution in [1.82, 2.24) is 9.78 Å². The van der Waals surface area contributed by atoms with E-state index in [9.17, 15) is 13.6 Å². The molecule has 2 rings (SSSR count). The molecule has 0 bridgehead atoms. The van der Waals surface area contributed by atoms with Gasteiger partial charge in [-0.3, -0.25) is 9.48 Å². The summed E-state index contributed by atoms with van der Waals surface area (Å²) in [7, 11) is 1.76. The Kier molecular flexibility index (Phi) is 4.27. The summed E-state index contributed by atoms with van der Waals surface area (Å²) in [4.78, 5) is 12.0. The fourth-order valence-electron chi connectivity index (χ4n) is 2.07. The minimum Gasteiger partial charge on any atom is -0.299 e. The van der Waals surface area contributed by atoms with Crippen LogP contribution in [0.5, 0.6) is 0 Å². The molecule has 106 valence electrons. The minimum atomic E-state index is -0.683. The highest BCUT2D eigenvalue weighted by Gasteiger charge is 2.15. The predicted octanol–water partition coefficient (Wildman–Crippen LogP) is 2.62. The average molecular weight is 278 g/mol. The van der Waals surface area contributed by atoms with E-state index in [1.54, 1.807) is 11.7 Å². The molecule has 2 aromatic rings.